The number of rotatable bonds is 6. The van der Waals surface area contributed by atoms with Gasteiger partial charge in [-0.25, -0.2) is 4.79 Å². The first-order valence-corrected chi connectivity index (χ1v) is 10.5. The highest BCUT2D eigenvalue weighted by Gasteiger charge is 2.22. The third-order valence-corrected chi connectivity index (χ3v) is 6.35. The lowest BCUT2D eigenvalue weighted by atomic mass is 9.90. The Kier molecular flexibility index (Phi) is 6.32. The number of anilines is 1. The van der Waals surface area contributed by atoms with E-state index in [9.17, 15) is 9.59 Å². The van der Waals surface area contributed by atoms with Gasteiger partial charge in [-0.1, -0.05) is 39.0 Å². The van der Waals surface area contributed by atoms with Crippen molar-refractivity contribution in [1.29, 1.82) is 0 Å². The van der Waals surface area contributed by atoms with Crippen LogP contribution in [0.2, 0.25) is 0 Å². The molecule has 0 saturated carbocycles. The van der Waals surface area contributed by atoms with Crippen LogP contribution in [-0.2, 0) is 35.2 Å². The van der Waals surface area contributed by atoms with Gasteiger partial charge in [0.25, 0.3) is 5.91 Å². The summed E-state index contributed by atoms with van der Waals surface area (Å²) in [5.41, 5.74) is 4.30. The van der Waals surface area contributed by atoms with Crippen molar-refractivity contribution in [2.24, 2.45) is 5.92 Å². The molecule has 0 spiro atoms. The number of hydrogen-bond acceptors (Lipinski definition) is 4. The molecule has 2 aromatic rings. The van der Waals surface area contributed by atoms with Gasteiger partial charge in [-0.15, -0.1) is 11.3 Å². The summed E-state index contributed by atoms with van der Waals surface area (Å²) in [4.78, 5) is 26.6. The number of benzene rings is 1. The van der Waals surface area contributed by atoms with Crippen molar-refractivity contribution in [2.75, 3.05) is 11.9 Å². The van der Waals surface area contributed by atoms with E-state index >= 15 is 0 Å². The molecule has 1 heterocycles. The quantitative estimate of drug-likeness (QED) is 0.727. The largest absolute Gasteiger partial charge is 0.451 e. The van der Waals surface area contributed by atoms with Gasteiger partial charge >= 0.3 is 5.97 Å². The molecule has 1 aliphatic carbocycles. The summed E-state index contributed by atoms with van der Waals surface area (Å²) in [6.45, 7) is 6.09. The summed E-state index contributed by atoms with van der Waals surface area (Å²) in [5, 5.41) is 2.93. The average molecular weight is 386 g/mol. The molecule has 0 fully saturated rings. The highest BCUT2D eigenvalue weighted by molar-refractivity contribution is 7.14. The zero-order valence-electron chi connectivity index (χ0n) is 16.3. The summed E-state index contributed by atoms with van der Waals surface area (Å²) in [6, 6.07) is 7.97. The number of hydrogen-bond donors (Lipinski definition) is 1. The molecule has 1 aromatic heterocycles. The number of nitrogens with one attached hydrogen (secondary N) is 1. The van der Waals surface area contributed by atoms with Crippen molar-refractivity contribution >= 4 is 28.9 Å². The van der Waals surface area contributed by atoms with Crippen molar-refractivity contribution < 1.29 is 14.3 Å². The SMILES string of the molecule is CCc1cccc(CC)c1NC(=O)COC(=O)c1cc2c(s1)CC[C@@H](C)C2. The number of para-hydroxylation sites is 1. The minimum atomic E-state index is -0.406. The molecule has 0 radical (unpaired) electrons. The molecule has 1 atom stereocenters. The van der Waals surface area contributed by atoms with E-state index in [0.29, 0.717) is 10.8 Å². The first-order valence-electron chi connectivity index (χ1n) is 9.71. The molecule has 0 saturated heterocycles. The van der Waals surface area contributed by atoms with Gasteiger partial charge in [0.05, 0.1) is 0 Å². The maximum Gasteiger partial charge on any atom is 0.348 e. The lowest BCUT2D eigenvalue weighted by molar-refractivity contribution is -0.119. The molecular formula is C22H27NO3S. The van der Waals surface area contributed by atoms with E-state index in [2.05, 4.69) is 26.1 Å². The fourth-order valence-corrected chi connectivity index (χ4v) is 4.69. The van der Waals surface area contributed by atoms with Crippen molar-refractivity contribution in [3.63, 3.8) is 0 Å². The molecule has 4 nitrogen and oxygen atoms in total. The van der Waals surface area contributed by atoms with Crippen LogP contribution in [0.5, 0.6) is 0 Å². The van der Waals surface area contributed by atoms with Crippen LogP contribution in [-0.4, -0.2) is 18.5 Å². The Morgan fingerprint density at radius 2 is 1.93 bits per heavy atom. The molecule has 5 heteroatoms. The topological polar surface area (TPSA) is 55.4 Å². The van der Waals surface area contributed by atoms with Gasteiger partial charge in [0.2, 0.25) is 0 Å². The summed E-state index contributed by atoms with van der Waals surface area (Å²) >= 11 is 1.51. The molecule has 0 bridgehead atoms. The summed E-state index contributed by atoms with van der Waals surface area (Å²) in [7, 11) is 0. The molecule has 1 amide bonds. The van der Waals surface area contributed by atoms with E-state index in [4.69, 9.17) is 4.74 Å². The number of carbonyl (C=O) groups excluding carboxylic acids is 2. The predicted molar refractivity (Wildman–Crippen MR) is 110 cm³/mol. The number of ether oxygens (including phenoxy) is 1. The first kappa shape index (κ1) is 19.6. The Labute approximate surface area is 164 Å². The van der Waals surface area contributed by atoms with Crippen LogP contribution in [0.4, 0.5) is 5.69 Å². The molecule has 1 aromatic carbocycles. The van der Waals surface area contributed by atoms with E-state index in [0.717, 1.165) is 42.5 Å². The summed E-state index contributed by atoms with van der Waals surface area (Å²) in [5.74, 6) is -0.0428. The molecule has 0 aliphatic heterocycles. The zero-order valence-corrected chi connectivity index (χ0v) is 17.1. The second-order valence-electron chi connectivity index (χ2n) is 7.19. The van der Waals surface area contributed by atoms with Crippen molar-refractivity contribution in [3.8, 4) is 0 Å². The smallest absolute Gasteiger partial charge is 0.348 e. The second-order valence-corrected chi connectivity index (χ2v) is 8.33. The third kappa shape index (κ3) is 4.59. The lowest BCUT2D eigenvalue weighted by Crippen LogP contribution is -2.22. The predicted octanol–water partition coefficient (Wildman–Crippen LogP) is 4.79. The Balaban J connectivity index is 1.61. The van der Waals surface area contributed by atoms with Gasteiger partial charge in [-0.05, 0) is 60.8 Å². The fraction of sp³-hybridized carbons (Fsp3) is 0.455. The minimum absolute atomic E-state index is 0.265. The van der Waals surface area contributed by atoms with E-state index in [-0.39, 0.29) is 12.5 Å². The minimum Gasteiger partial charge on any atom is -0.451 e. The Morgan fingerprint density at radius 1 is 1.22 bits per heavy atom. The van der Waals surface area contributed by atoms with E-state index in [1.807, 2.05) is 24.3 Å². The Hall–Kier alpha value is -2.14. The van der Waals surface area contributed by atoms with Gasteiger partial charge < -0.3 is 10.1 Å². The molecule has 27 heavy (non-hydrogen) atoms. The molecule has 144 valence electrons. The van der Waals surface area contributed by atoms with Gasteiger partial charge in [0.15, 0.2) is 6.61 Å². The van der Waals surface area contributed by atoms with E-state index < -0.39 is 5.97 Å². The monoisotopic (exact) mass is 385 g/mol. The standard InChI is InChI=1S/C22H27NO3S/c1-4-15-7-6-8-16(5-2)21(15)23-20(24)13-26-22(25)19-12-17-11-14(3)9-10-18(17)27-19/h6-8,12,14H,4-5,9-11,13H2,1-3H3,(H,23,24)/t14-/m1/s1. The molecule has 0 unspecified atom stereocenters. The third-order valence-electron chi connectivity index (χ3n) is 5.13. The molecular weight excluding hydrogens is 358 g/mol. The van der Waals surface area contributed by atoms with Crippen LogP contribution in [0.1, 0.15) is 58.4 Å². The van der Waals surface area contributed by atoms with Crippen molar-refractivity contribution in [2.45, 2.75) is 52.9 Å². The number of amides is 1. The van der Waals surface area contributed by atoms with Crippen LogP contribution >= 0.6 is 11.3 Å². The Morgan fingerprint density at radius 3 is 2.59 bits per heavy atom. The fourth-order valence-electron chi connectivity index (χ4n) is 3.59. The Bertz CT molecular complexity index is 818. The lowest BCUT2D eigenvalue weighted by Gasteiger charge is -2.16. The van der Waals surface area contributed by atoms with E-state index in [1.165, 1.54) is 28.2 Å². The number of aryl methyl sites for hydroxylation is 3. The van der Waals surface area contributed by atoms with Crippen LogP contribution in [0.25, 0.3) is 0 Å². The van der Waals surface area contributed by atoms with Crippen LogP contribution in [0, 0.1) is 5.92 Å². The average Bonchev–Trinajstić information content (AvgIpc) is 3.09. The maximum absolute atomic E-state index is 12.4. The maximum atomic E-state index is 12.4. The van der Waals surface area contributed by atoms with Gasteiger partial charge in [0, 0.05) is 10.6 Å². The number of carbonyl (C=O) groups is 2. The second kappa shape index (κ2) is 8.70. The van der Waals surface area contributed by atoms with E-state index in [1.54, 1.807) is 0 Å². The van der Waals surface area contributed by atoms with Gasteiger partial charge in [0.1, 0.15) is 4.88 Å². The van der Waals surface area contributed by atoms with Crippen LogP contribution in [0.15, 0.2) is 24.3 Å². The van der Waals surface area contributed by atoms with Crippen LogP contribution in [0.3, 0.4) is 0 Å². The first-order chi connectivity index (χ1) is 13.0. The summed E-state index contributed by atoms with van der Waals surface area (Å²) < 4.78 is 5.27. The number of esters is 1. The zero-order chi connectivity index (χ0) is 19.4. The molecule has 3 rings (SSSR count). The normalized spacial score (nSPS) is 15.9. The van der Waals surface area contributed by atoms with Crippen molar-refractivity contribution in [1.82, 2.24) is 0 Å². The molecule has 1 N–H and O–H groups in total. The van der Waals surface area contributed by atoms with Crippen LogP contribution < -0.4 is 5.32 Å². The van der Waals surface area contributed by atoms with Gasteiger partial charge in [-0.3, -0.25) is 4.79 Å². The highest BCUT2D eigenvalue weighted by atomic mass is 32.1. The van der Waals surface area contributed by atoms with Gasteiger partial charge in [-0.2, -0.15) is 0 Å². The molecule has 1 aliphatic rings. The highest BCUT2D eigenvalue weighted by Crippen LogP contribution is 2.32. The summed E-state index contributed by atoms with van der Waals surface area (Å²) in [6.07, 6.45) is 4.89. The van der Waals surface area contributed by atoms with Crippen molar-refractivity contribution in [3.05, 3.63) is 50.7 Å². The number of fused-ring (bicyclic) bond motifs is 1. The number of thiophene rings is 1.